The molecule has 118 valence electrons. The summed E-state index contributed by atoms with van der Waals surface area (Å²) in [4.78, 5) is 14.0. The summed E-state index contributed by atoms with van der Waals surface area (Å²) >= 11 is 11.9. The number of unbranched alkanes of at least 4 members (excludes halogenated alkanes) is 2. The van der Waals surface area contributed by atoms with Gasteiger partial charge in [0.25, 0.3) is 0 Å². The predicted molar refractivity (Wildman–Crippen MR) is 88.1 cm³/mol. The van der Waals surface area contributed by atoms with Crippen LogP contribution in [0.1, 0.15) is 25.7 Å². The molecule has 0 saturated heterocycles. The maximum absolute atomic E-state index is 11.9. The summed E-state index contributed by atoms with van der Waals surface area (Å²) in [5.74, 6) is -0.0821. The van der Waals surface area contributed by atoms with E-state index in [0.717, 1.165) is 25.8 Å². The van der Waals surface area contributed by atoms with Gasteiger partial charge in [-0.2, -0.15) is 0 Å². The summed E-state index contributed by atoms with van der Waals surface area (Å²) in [7, 11) is 1.98. The van der Waals surface area contributed by atoms with Crippen molar-refractivity contribution in [3.8, 4) is 0 Å². The van der Waals surface area contributed by atoms with Crippen LogP contribution in [-0.4, -0.2) is 42.7 Å². The number of aliphatic hydroxyl groups excluding tert-OH is 1. The molecule has 1 aromatic carbocycles. The number of halogens is 2. The van der Waals surface area contributed by atoms with E-state index in [2.05, 4.69) is 10.2 Å². The van der Waals surface area contributed by atoms with Crippen LogP contribution >= 0.6 is 23.2 Å². The van der Waals surface area contributed by atoms with Gasteiger partial charge in [-0.25, -0.2) is 0 Å². The average molecular weight is 333 g/mol. The summed E-state index contributed by atoms with van der Waals surface area (Å²) in [5.41, 5.74) is 0.541. The zero-order valence-electron chi connectivity index (χ0n) is 12.2. The fourth-order valence-electron chi connectivity index (χ4n) is 1.88. The lowest BCUT2D eigenvalue weighted by Gasteiger charge is -2.16. The lowest BCUT2D eigenvalue weighted by atomic mass is 10.2. The Kier molecular flexibility index (Phi) is 8.69. The highest BCUT2D eigenvalue weighted by molar-refractivity contribution is 6.35. The standard InChI is InChI=1S/C15H22Cl2N2O2/c1-19(8-3-2-4-10-20)9-7-15(21)18-14-11-12(16)5-6-13(14)17/h5-6,11,20H,2-4,7-10H2,1H3,(H,18,21). The molecule has 0 spiro atoms. The number of nitrogens with one attached hydrogen (secondary N) is 1. The number of amides is 1. The summed E-state index contributed by atoms with van der Waals surface area (Å²) < 4.78 is 0. The molecule has 0 radical (unpaired) electrons. The third-order valence-corrected chi connectivity index (χ3v) is 3.69. The van der Waals surface area contributed by atoms with E-state index in [0.29, 0.717) is 28.7 Å². The zero-order chi connectivity index (χ0) is 15.7. The van der Waals surface area contributed by atoms with E-state index < -0.39 is 0 Å². The first-order valence-electron chi connectivity index (χ1n) is 7.07. The second-order valence-corrected chi connectivity index (χ2v) is 5.85. The van der Waals surface area contributed by atoms with E-state index in [1.165, 1.54) is 0 Å². The van der Waals surface area contributed by atoms with Gasteiger partial charge >= 0.3 is 0 Å². The second-order valence-electron chi connectivity index (χ2n) is 5.01. The van der Waals surface area contributed by atoms with Gasteiger partial charge in [-0.3, -0.25) is 4.79 Å². The summed E-state index contributed by atoms with van der Waals surface area (Å²) in [6.45, 7) is 1.85. The highest BCUT2D eigenvalue weighted by atomic mass is 35.5. The topological polar surface area (TPSA) is 52.6 Å². The van der Waals surface area contributed by atoms with Crippen LogP contribution < -0.4 is 5.32 Å². The Labute approximate surface area is 136 Å². The number of aliphatic hydroxyl groups is 1. The van der Waals surface area contributed by atoms with Gasteiger partial charge in [0.1, 0.15) is 0 Å². The van der Waals surface area contributed by atoms with Crippen LogP contribution in [0.2, 0.25) is 10.0 Å². The first kappa shape index (κ1) is 18.2. The van der Waals surface area contributed by atoms with Crippen LogP contribution in [-0.2, 0) is 4.79 Å². The minimum atomic E-state index is -0.0821. The molecule has 1 aromatic rings. The highest BCUT2D eigenvalue weighted by Gasteiger charge is 2.08. The fourth-order valence-corrected chi connectivity index (χ4v) is 2.22. The van der Waals surface area contributed by atoms with Gasteiger partial charge in [-0.05, 0) is 51.1 Å². The lowest BCUT2D eigenvalue weighted by Crippen LogP contribution is -2.25. The number of nitrogens with zero attached hydrogens (tertiary/aromatic N) is 1. The number of hydrogen-bond acceptors (Lipinski definition) is 3. The number of carbonyl (C=O) groups excluding carboxylic acids is 1. The van der Waals surface area contributed by atoms with Crippen molar-refractivity contribution in [3.63, 3.8) is 0 Å². The van der Waals surface area contributed by atoms with Crippen molar-refractivity contribution in [2.45, 2.75) is 25.7 Å². The highest BCUT2D eigenvalue weighted by Crippen LogP contribution is 2.25. The Hall–Kier alpha value is -0.810. The van der Waals surface area contributed by atoms with E-state index in [9.17, 15) is 4.79 Å². The Morgan fingerprint density at radius 3 is 2.71 bits per heavy atom. The molecule has 0 aliphatic carbocycles. The predicted octanol–water partition coefficient (Wildman–Crippen LogP) is 3.42. The number of carbonyl (C=O) groups is 1. The Balaban J connectivity index is 2.29. The van der Waals surface area contributed by atoms with Crippen molar-refractivity contribution >= 4 is 34.8 Å². The molecule has 0 atom stereocenters. The van der Waals surface area contributed by atoms with Crippen LogP contribution in [0, 0.1) is 0 Å². The van der Waals surface area contributed by atoms with E-state index >= 15 is 0 Å². The van der Waals surface area contributed by atoms with Crippen LogP contribution in [0.25, 0.3) is 0 Å². The van der Waals surface area contributed by atoms with Gasteiger partial charge in [-0.15, -0.1) is 0 Å². The van der Waals surface area contributed by atoms with Crippen molar-refractivity contribution < 1.29 is 9.90 Å². The molecular weight excluding hydrogens is 311 g/mol. The Morgan fingerprint density at radius 1 is 1.24 bits per heavy atom. The molecule has 0 unspecified atom stereocenters. The number of anilines is 1. The second kappa shape index (κ2) is 10.0. The molecule has 0 aromatic heterocycles. The molecule has 0 bridgehead atoms. The number of hydrogen-bond donors (Lipinski definition) is 2. The minimum Gasteiger partial charge on any atom is -0.396 e. The molecule has 0 fully saturated rings. The lowest BCUT2D eigenvalue weighted by molar-refractivity contribution is -0.116. The van der Waals surface area contributed by atoms with Gasteiger partial charge < -0.3 is 15.3 Å². The normalized spacial score (nSPS) is 10.9. The number of rotatable bonds is 9. The number of benzene rings is 1. The van der Waals surface area contributed by atoms with Crippen molar-refractivity contribution in [3.05, 3.63) is 28.2 Å². The molecule has 0 aliphatic rings. The first-order chi connectivity index (χ1) is 10.0. The van der Waals surface area contributed by atoms with Crippen molar-refractivity contribution in [1.29, 1.82) is 0 Å². The van der Waals surface area contributed by atoms with Crippen molar-refractivity contribution in [1.82, 2.24) is 4.90 Å². The van der Waals surface area contributed by atoms with Gasteiger partial charge in [0.2, 0.25) is 5.91 Å². The Morgan fingerprint density at radius 2 is 2.00 bits per heavy atom. The molecule has 0 saturated carbocycles. The van der Waals surface area contributed by atoms with E-state index in [1.54, 1.807) is 18.2 Å². The largest absolute Gasteiger partial charge is 0.396 e. The maximum atomic E-state index is 11.9. The summed E-state index contributed by atoms with van der Waals surface area (Å²) in [5, 5.41) is 12.5. The van der Waals surface area contributed by atoms with Crippen molar-refractivity contribution in [2.75, 3.05) is 32.1 Å². The molecule has 4 nitrogen and oxygen atoms in total. The van der Waals surface area contributed by atoms with Gasteiger partial charge in [-0.1, -0.05) is 23.2 Å². The third kappa shape index (κ3) is 7.67. The van der Waals surface area contributed by atoms with Crippen LogP contribution in [0.15, 0.2) is 18.2 Å². The molecule has 0 aliphatic heterocycles. The van der Waals surface area contributed by atoms with E-state index in [-0.39, 0.29) is 12.5 Å². The monoisotopic (exact) mass is 332 g/mol. The maximum Gasteiger partial charge on any atom is 0.225 e. The van der Waals surface area contributed by atoms with Crippen LogP contribution in [0.4, 0.5) is 5.69 Å². The molecular formula is C15H22Cl2N2O2. The van der Waals surface area contributed by atoms with Gasteiger partial charge in [0, 0.05) is 24.6 Å². The molecule has 1 rings (SSSR count). The minimum absolute atomic E-state index is 0.0821. The molecule has 1 amide bonds. The molecule has 0 heterocycles. The molecule has 6 heteroatoms. The molecule has 2 N–H and O–H groups in total. The van der Waals surface area contributed by atoms with Gasteiger partial charge in [0.05, 0.1) is 10.7 Å². The summed E-state index contributed by atoms with van der Waals surface area (Å²) in [6, 6.07) is 4.98. The quantitative estimate of drug-likeness (QED) is 0.681. The van der Waals surface area contributed by atoms with E-state index in [4.69, 9.17) is 28.3 Å². The zero-order valence-corrected chi connectivity index (χ0v) is 13.8. The first-order valence-corrected chi connectivity index (χ1v) is 7.83. The van der Waals surface area contributed by atoms with Gasteiger partial charge in [0.15, 0.2) is 0 Å². The SMILES string of the molecule is CN(CCCCCO)CCC(=O)Nc1cc(Cl)ccc1Cl. The molecule has 21 heavy (non-hydrogen) atoms. The Bertz CT molecular complexity index is 455. The van der Waals surface area contributed by atoms with Crippen molar-refractivity contribution in [2.24, 2.45) is 0 Å². The third-order valence-electron chi connectivity index (χ3n) is 3.12. The average Bonchev–Trinajstić information content (AvgIpc) is 2.45. The van der Waals surface area contributed by atoms with E-state index in [1.807, 2.05) is 7.05 Å². The smallest absolute Gasteiger partial charge is 0.225 e. The fraction of sp³-hybridized carbons (Fsp3) is 0.533. The van der Waals surface area contributed by atoms with Crippen LogP contribution in [0.3, 0.4) is 0 Å². The van der Waals surface area contributed by atoms with Crippen LogP contribution in [0.5, 0.6) is 0 Å². The summed E-state index contributed by atoms with van der Waals surface area (Å²) in [6.07, 6.45) is 3.27.